The summed E-state index contributed by atoms with van der Waals surface area (Å²) in [4.78, 5) is 4.59. The number of aliphatic hydroxyl groups excluding tert-OH is 1. The Morgan fingerprint density at radius 2 is 2.10 bits per heavy atom. The molecule has 2 aliphatic rings. The number of hydrogen-bond acceptors (Lipinski definition) is 3. The van der Waals surface area contributed by atoms with Gasteiger partial charge in [-0.1, -0.05) is 27.7 Å². The van der Waals surface area contributed by atoms with Gasteiger partial charge < -0.3 is 9.84 Å². The standard InChI is InChI=1S/C18H27NO2/c1-5-14-8-12(11-20)9-16(19-14)21-15-10-13-6-7-18(15,4)17(13,2)3/h8-9,13,15,20H,5-7,10-11H2,1-4H3. The van der Waals surface area contributed by atoms with E-state index in [2.05, 4.69) is 32.7 Å². The highest BCUT2D eigenvalue weighted by Crippen LogP contribution is 2.66. The van der Waals surface area contributed by atoms with E-state index in [-0.39, 0.29) is 18.1 Å². The van der Waals surface area contributed by atoms with Gasteiger partial charge >= 0.3 is 0 Å². The van der Waals surface area contributed by atoms with Gasteiger partial charge in [-0.05, 0) is 48.6 Å². The number of hydrogen-bond donors (Lipinski definition) is 1. The molecule has 3 rings (SSSR count). The second-order valence-corrected chi connectivity index (χ2v) is 7.53. The van der Waals surface area contributed by atoms with Crippen LogP contribution in [0.25, 0.3) is 0 Å². The number of nitrogens with zero attached hydrogens (tertiary/aromatic N) is 1. The van der Waals surface area contributed by atoms with E-state index in [0.717, 1.165) is 30.0 Å². The Morgan fingerprint density at radius 3 is 2.62 bits per heavy atom. The molecule has 3 nitrogen and oxygen atoms in total. The van der Waals surface area contributed by atoms with E-state index >= 15 is 0 Å². The smallest absolute Gasteiger partial charge is 0.214 e. The van der Waals surface area contributed by atoms with E-state index in [0.29, 0.717) is 11.3 Å². The lowest BCUT2D eigenvalue weighted by atomic mass is 9.70. The molecule has 1 aromatic heterocycles. The lowest BCUT2D eigenvalue weighted by Gasteiger charge is -2.38. The van der Waals surface area contributed by atoms with Crippen molar-refractivity contribution in [1.82, 2.24) is 4.98 Å². The van der Waals surface area contributed by atoms with Crippen molar-refractivity contribution >= 4 is 0 Å². The van der Waals surface area contributed by atoms with E-state index in [1.54, 1.807) is 0 Å². The van der Waals surface area contributed by atoms with Gasteiger partial charge in [0, 0.05) is 17.2 Å². The van der Waals surface area contributed by atoms with E-state index in [1.807, 2.05) is 12.1 Å². The maximum absolute atomic E-state index is 9.40. The Hall–Kier alpha value is -1.09. The zero-order valence-corrected chi connectivity index (χ0v) is 13.6. The summed E-state index contributed by atoms with van der Waals surface area (Å²) in [7, 11) is 0. The van der Waals surface area contributed by atoms with Crippen molar-refractivity contribution in [3.05, 3.63) is 23.4 Å². The molecule has 21 heavy (non-hydrogen) atoms. The van der Waals surface area contributed by atoms with Crippen LogP contribution in [0, 0.1) is 16.7 Å². The molecule has 0 amide bonds. The van der Waals surface area contributed by atoms with Crippen LogP contribution in [-0.2, 0) is 13.0 Å². The fraction of sp³-hybridized carbons (Fsp3) is 0.722. The summed E-state index contributed by atoms with van der Waals surface area (Å²) < 4.78 is 6.31. The second-order valence-electron chi connectivity index (χ2n) is 7.53. The molecular formula is C18H27NO2. The third-order valence-electron chi connectivity index (χ3n) is 6.44. The average molecular weight is 289 g/mol. The van der Waals surface area contributed by atoms with Gasteiger partial charge in [0.15, 0.2) is 0 Å². The minimum Gasteiger partial charge on any atom is -0.474 e. The van der Waals surface area contributed by atoms with E-state index in [9.17, 15) is 5.11 Å². The first kappa shape index (κ1) is 14.8. The van der Waals surface area contributed by atoms with E-state index < -0.39 is 0 Å². The van der Waals surface area contributed by atoms with E-state index in [1.165, 1.54) is 12.8 Å². The van der Waals surface area contributed by atoms with Crippen LogP contribution < -0.4 is 4.74 Å². The van der Waals surface area contributed by atoms with Crippen LogP contribution in [0.1, 0.15) is 58.2 Å². The van der Waals surface area contributed by atoms with E-state index in [4.69, 9.17) is 4.74 Å². The monoisotopic (exact) mass is 289 g/mol. The minimum atomic E-state index is 0.0436. The molecule has 0 aromatic carbocycles. The maximum atomic E-state index is 9.40. The SMILES string of the molecule is CCc1cc(CO)cc(OC2CC3CCC2(C)C3(C)C)n1. The molecule has 2 aliphatic carbocycles. The first-order valence-electron chi connectivity index (χ1n) is 8.18. The molecule has 1 N–H and O–H groups in total. The van der Waals surface area contributed by atoms with Crippen LogP contribution in [0.2, 0.25) is 0 Å². The van der Waals surface area contributed by atoms with Gasteiger partial charge in [-0.25, -0.2) is 4.98 Å². The van der Waals surface area contributed by atoms with Gasteiger partial charge in [0.05, 0.1) is 6.61 Å². The van der Waals surface area contributed by atoms with Crippen molar-refractivity contribution in [1.29, 1.82) is 0 Å². The summed E-state index contributed by atoms with van der Waals surface area (Å²) in [5, 5.41) is 9.40. The van der Waals surface area contributed by atoms with Crippen molar-refractivity contribution in [3.8, 4) is 5.88 Å². The van der Waals surface area contributed by atoms with Crippen LogP contribution in [0.15, 0.2) is 12.1 Å². The Labute approximate surface area is 127 Å². The lowest BCUT2D eigenvalue weighted by Crippen LogP contribution is -2.39. The van der Waals surface area contributed by atoms with Crippen molar-refractivity contribution in [3.63, 3.8) is 0 Å². The number of aliphatic hydroxyl groups is 1. The maximum Gasteiger partial charge on any atom is 0.214 e. The van der Waals surface area contributed by atoms with Crippen LogP contribution in [0.5, 0.6) is 5.88 Å². The fourth-order valence-corrected chi connectivity index (χ4v) is 4.41. The predicted molar refractivity (Wildman–Crippen MR) is 83.2 cm³/mol. The average Bonchev–Trinajstić information content (AvgIpc) is 2.80. The van der Waals surface area contributed by atoms with Gasteiger partial charge in [-0.15, -0.1) is 0 Å². The van der Waals surface area contributed by atoms with Crippen LogP contribution >= 0.6 is 0 Å². The van der Waals surface area contributed by atoms with Crippen LogP contribution in [0.3, 0.4) is 0 Å². The number of pyridine rings is 1. The Bertz CT molecular complexity index is 518. The molecule has 0 aliphatic heterocycles. The molecule has 2 saturated carbocycles. The molecule has 3 atom stereocenters. The summed E-state index contributed by atoms with van der Waals surface area (Å²) in [6, 6.07) is 3.85. The topological polar surface area (TPSA) is 42.4 Å². The first-order valence-corrected chi connectivity index (χ1v) is 8.18. The number of rotatable bonds is 4. The summed E-state index contributed by atoms with van der Waals surface area (Å²) in [6.45, 7) is 9.28. The number of aromatic nitrogens is 1. The van der Waals surface area contributed by atoms with Gasteiger partial charge in [-0.3, -0.25) is 0 Å². The lowest BCUT2D eigenvalue weighted by molar-refractivity contribution is 0.0271. The summed E-state index contributed by atoms with van der Waals surface area (Å²) in [6.07, 6.45) is 4.82. The molecule has 1 aromatic rings. The molecule has 2 bridgehead atoms. The van der Waals surface area contributed by atoms with Gasteiger partial charge in [0.25, 0.3) is 0 Å². The largest absolute Gasteiger partial charge is 0.474 e. The summed E-state index contributed by atoms with van der Waals surface area (Å²) in [5.74, 6) is 1.45. The number of ether oxygens (including phenoxy) is 1. The first-order chi connectivity index (χ1) is 9.90. The molecule has 2 fully saturated rings. The predicted octanol–water partition coefficient (Wildman–Crippen LogP) is 3.73. The third-order valence-corrected chi connectivity index (χ3v) is 6.44. The van der Waals surface area contributed by atoms with Crippen molar-refractivity contribution in [2.45, 2.75) is 66.1 Å². The zero-order valence-electron chi connectivity index (χ0n) is 13.6. The minimum absolute atomic E-state index is 0.0436. The molecule has 0 saturated heterocycles. The highest BCUT2D eigenvalue weighted by molar-refractivity contribution is 5.26. The highest BCUT2D eigenvalue weighted by Gasteiger charge is 2.62. The van der Waals surface area contributed by atoms with Crippen molar-refractivity contribution < 1.29 is 9.84 Å². The third kappa shape index (κ3) is 2.17. The van der Waals surface area contributed by atoms with Gasteiger partial charge in [-0.2, -0.15) is 0 Å². The van der Waals surface area contributed by atoms with Crippen molar-refractivity contribution in [2.24, 2.45) is 16.7 Å². The molecule has 0 spiro atoms. The van der Waals surface area contributed by atoms with Crippen molar-refractivity contribution in [2.75, 3.05) is 0 Å². The molecule has 3 unspecified atom stereocenters. The summed E-state index contributed by atoms with van der Waals surface area (Å²) >= 11 is 0. The molecule has 0 radical (unpaired) electrons. The Morgan fingerprint density at radius 1 is 1.33 bits per heavy atom. The summed E-state index contributed by atoms with van der Waals surface area (Å²) in [5.41, 5.74) is 2.47. The molecular weight excluding hydrogens is 262 g/mol. The highest BCUT2D eigenvalue weighted by atomic mass is 16.5. The van der Waals surface area contributed by atoms with Crippen LogP contribution in [0.4, 0.5) is 0 Å². The molecule has 1 heterocycles. The normalized spacial score (nSPS) is 33.4. The second kappa shape index (κ2) is 4.98. The Balaban J connectivity index is 1.85. The quantitative estimate of drug-likeness (QED) is 0.918. The van der Waals surface area contributed by atoms with Gasteiger partial charge in [0.1, 0.15) is 6.10 Å². The molecule has 116 valence electrons. The fourth-order valence-electron chi connectivity index (χ4n) is 4.41. The number of fused-ring (bicyclic) bond motifs is 2. The Kier molecular flexibility index (Phi) is 3.52. The number of aryl methyl sites for hydroxylation is 1. The zero-order chi connectivity index (χ0) is 15.3. The van der Waals surface area contributed by atoms with Crippen LogP contribution in [-0.4, -0.2) is 16.2 Å². The van der Waals surface area contributed by atoms with Gasteiger partial charge in [0.2, 0.25) is 5.88 Å². The molecule has 3 heteroatoms.